The lowest BCUT2D eigenvalue weighted by Crippen LogP contribution is -2.59. The smallest absolute Gasteiger partial charge is 0.0344 e. The van der Waals surface area contributed by atoms with Gasteiger partial charge in [0.1, 0.15) is 0 Å². The number of hydrogen-bond acceptors (Lipinski definition) is 2. The monoisotopic (exact) mass is 126 g/mol. The van der Waals surface area contributed by atoms with Crippen LogP contribution in [0.5, 0.6) is 0 Å². The molecule has 2 aliphatic rings. The Bertz CT molecular complexity index is 120. The van der Waals surface area contributed by atoms with E-state index in [1.807, 2.05) is 0 Å². The fraction of sp³-hybridized carbons (Fsp3) is 1.00. The molecule has 2 heteroatoms. The molecule has 0 aliphatic carbocycles. The molecule has 2 fully saturated rings. The molecule has 2 heterocycles. The summed E-state index contributed by atoms with van der Waals surface area (Å²) in [6.07, 6.45) is 4.07. The van der Waals surface area contributed by atoms with Crippen molar-refractivity contribution in [2.24, 2.45) is 5.73 Å². The quantitative estimate of drug-likeness (QED) is 0.543. The van der Waals surface area contributed by atoms with Crippen molar-refractivity contribution in [3.8, 4) is 0 Å². The normalized spacial score (nSPS) is 42.3. The third-order valence-corrected chi connectivity index (χ3v) is 2.97. The van der Waals surface area contributed by atoms with Crippen LogP contribution in [0, 0.1) is 0 Å². The van der Waals surface area contributed by atoms with Gasteiger partial charge in [0.05, 0.1) is 0 Å². The van der Waals surface area contributed by atoms with Crippen molar-refractivity contribution in [3.63, 3.8) is 0 Å². The SMILES string of the molecule is NCC12CCCN1CC2. The maximum absolute atomic E-state index is 5.67. The minimum absolute atomic E-state index is 0.486. The van der Waals surface area contributed by atoms with Crippen LogP contribution in [-0.2, 0) is 0 Å². The summed E-state index contributed by atoms with van der Waals surface area (Å²) in [5, 5.41) is 0. The Kier molecular flexibility index (Phi) is 1.08. The first-order valence-electron chi connectivity index (χ1n) is 3.82. The van der Waals surface area contributed by atoms with E-state index in [-0.39, 0.29) is 0 Å². The van der Waals surface area contributed by atoms with E-state index in [1.54, 1.807) is 0 Å². The van der Waals surface area contributed by atoms with E-state index in [2.05, 4.69) is 4.90 Å². The molecule has 1 atom stereocenters. The molecule has 0 aromatic carbocycles. The van der Waals surface area contributed by atoms with Gasteiger partial charge < -0.3 is 5.73 Å². The average Bonchev–Trinajstić information content (AvgIpc) is 2.10. The van der Waals surface area contributed by atoms with Gasteiger partial charge in [-0.05, 0) is 25.8 Å². The fourth-order valence-corrected chi connectivity index (χ4v) is 2.15. The van der Waals surface area contributed by atoms with E-state index in [9.17, 15) is 0 Å². The molecule has 0 amide bonds. The summed E-state index contributed by atoms with van der Waals surface area (Å²) in [6, 6.07) is 0. The van der Waals surface area contributed by atoms with Crippen molar-refractivity contribution in [2.75, 3.05) is 19.6 Å². The highest BCUT2D eigenvalue weighted by molar-refractivity contribution is 5.04. The first-order valence-corrected chi connectivity index (χ1v) is 3.82. The van der Waals surface area contributed by atoms with Gasteiger partial charge in [-0.1, -0.05) is 0 Å². The van der Waals surface area contributed by atoms with Gasteiger partial charge in [0.15, 0.2) is 0 Å². The lowest BCUT2D eigenvalue weighted by atomic mass is 9.85. The summed E-state index contributed by atoms with van der Waals surface area (Å²) in [6.45, 7) is 3.49. The van der Waals surface area contributed by atoms with Gasteiger partial charge in [0.25, 0.3) is 0 Å². The fourth-order valence-electron chi connectivity index (χ4n) is 2.15. The highest BCUT2D eigenvalue weighted by Crippen LogP contribution is 2.39. The second-order valence-electron chi connectivity index (χ2n) is 3.27. The summed E-state index contributed by atoms with van der Waals surface area (Å²) in [7, 11) is 0. The van der Waals surface area contributed by atoms with Crippen LogP contribution in [0.2, 0.25) is 0 Å². The molecule has 0 spiro atoms. The number of nitrogens with zero attached hydrogens (tertiary/aromatic N) is 1. The van der Waals surface area contributed by atoms with Crippen molar-refractivity contribution in [1.29, 1.82) is 0 Å². The lowest BCUT2D eigenvalue weighted by Gasteiger charge is -2.47. The predicted octanol–water partition coefficient (Wildman–Crippen LogP) is 0.183. The average molecular weight is 126 g/mol. The van der Waals surface area contributed by atoms with E-state index >= 15 is 0 Å². The summed E-state index contributed by atoms with van der Waals surface area (Å²) >= 11 is 0. The van der Waals surface area contributed by atoms with Gasteiger partial charge in [-0.25, -0.2) is 0 Å². The molecule has 9 heavy (non-hydrogen) atoms. The molecule has 0 bridgehead atoms. The Hall–Kier alpha value is -0.0800. The Labute approximate surface area is 56.0 Å². The van der Waals surface area contributed by atoms with Gasteiger partial charge in [-0.3, -0.25) is 4.90 Å². The van der Waals surface area contributed by atoms with Gasteiger partial charge in [0, 0.05) is 18.6 Å². The zero-order valence-corrected chi connectivity index (χ0v) is 5.77. The molecule has 0 aromatic heterocycles. The highest BCUT2D eigenvalue weighted by atomic mass is 15.3. The van der Waals surface area contributed by atoms with Crippen LogP contribution in [0.15, 0.2) is 0 Å². The topological polar surface area (TPSA) is 29.3 Å². The third-order valence-electron chi connectivity index (χ3n) is 2.97. The van der Waals surface area contributed by atoms with Crippen molar-refractivity contribution < 1.29 is 0 Å². The van der Waals surface area contributed by atoms with Gasteiger partial charge >= 0.3 is 0 Å². The second-order valence-corrected chi connectivity index (χ2v) is 3.27. The third kappa shape index (κ3) is 0.578. The van der Waals surface area contributed by atoms with Crippen LogP contribution in [0.25, 0.3) is 0 Å². The molecule has 2 nitrogen and oxygen atoms in total. The largest absolute Gasteiger partial charge is 0.329 e. The Morgan fingerprint density at radius 3 is 2.56 bits per heavy atom. The number of fused-ring (bicyclic) bond motifs is 1. The molecule has 2 rings (SSSR count). The number of nitrogens with two attached hydrogens (primary N) is 1. The Balaban J connectivity index is 2.10. The molecular weight excluding hydrogens is 112 g/mol. The summed E-state index contributed by atoms with van der Waals surface area (Å²) in [5.74, 6) is 0. The molecule has 2 N–H and O–H groups in total. The Morgan fingerprint density at radius 1 is 1.33 bits per heavy atom. The first kappa shape index (κ1) is 5.69. The summed E-state index contributed by atoms with van der Waals surface area (Å²) < 4.78 is 0. The molecule has 0 radical (unpaired) electrons. The standard InChI is InChI=1S/C7H14N2/c8-6-7-2-1-4-9(7)5-3-7/h1-6,8H2. The zero-order chi connectivity index (χ0) is 6.32. The van der Waals surface area contributed by atoms with E-state index in [0.717, 1.165) is 6.54 Å². The molecule has 2 aliphatic heterocycles. The van der Waals surface area contributed by atoms with Gasteiger partial charge in [-0.15, -0.1) is 0 Å². The number of hydrogen-bond donors (Lipinski definition) is 1. The lowest BCUT2D eigenvalue weighted by molar-refractivity contribution is 0.0357. The van der Waals surface area contributed by atoms with E-state index in [1.165, 1.54) is 32.4 Å². The molecule has 52 valence electrons. The van der Waals surface area contributed by atoms with Crippen LogP contribution < -0.4 is 5.73 Å². The van der Waals surface area contributed by atoms with Crippen molar-refractivity contribution in [1.82, 2.24) is 4.90 Å². The maximum Gasteiger partial charge on any atom is 0.0344 e. The van der Waals surface area contributed by atoms with Crippen molar-refractivity contribution in [2.45, 2.75) is 24.8 Å². The summed E-state index contributed by atoms with van der Waals surface area (Å²) in [4.78, 5) is 2.53. The van der Waals surface area contributed by atoms with Crippen molar-refractivity contribution in [3.05, 3.63) is 0 Å². The van der Waals surface area contributed by atoms with Gasteiger partial charge in [0.2, 0.25) is 0 Å². The van der Waals surface area contributed by atoms with E-state index < -0.39 is 0 Å². The van der Waals surface area contributed by atoms with E-state index in [0.29, 0.717) is 5.54 Å². The van der Waals surface area contributed by atoms with Crippen molar-refractivity contribution >= 4 is 0 Å². The molecule has 0 aromatic rings. The molecular formula is C7H14N2. The molecule has 0 saturated carbocycles. The molecule has 1 unspecified atom stereocenters. The van der Waals surface area contributed by atoms with Crippen LogP contribution in [0.1, 0.15) is 19.3 Å². The summed E-state index contributed by atoms with van der Waals surface area (Å²) in [5.41, 5.74) is 6.15. The number of rotatable bonds is 1. The highest BCUT2D eigenvalue weighted by Gasteiger charge is 2.46. The molecule has 2 saturated heterocycles. The van der Waals surface area contributed by atoms with Crippen LogP contribution in [0.4, 0.5) is 0 Å². The minimum atomic E-state index is 0.486. The maximum atomic E-state index is 5.67. The van der Waals surface area contributed by atoms with Crippen LogP contribution in [0.3, 0.4) is 0 Å². The van der Waals surface area contributed by atoms with Gasteiger partial charge in [-0.2, -0.15) is 0 Å². The Morgan fingerprint density at radius 2 is 2.22 bits per heavy atom. The zero-order valence-electron chi connectivity index (χ0n) is 5.77. The minimum Gasteiger partial charge on any atom is -0.329 e. The van der Waals surface area contributed by atoms with Crippen LogP contribution in [-0.4, -0.2) is 30.1 Å². The van der Waals surface area contributed by atoms with Crippen LogP contribution >= 0.6 is 0 Å². The first-order chi connectivity index (χ1) is 4.37. The van der Waals surface area contributed by atoms with E-state index in [4.69, 9.17) is 5.73 Å². The second kappa shape index (κ2) is 1.70. The predicted molar refractivity (Wildman–Crippen MR) is 37.2 cm³/mol.